The summed E-state index contributed by atoms with van der Waals surface area (Å²) in [7, 11) is 1.42. The minimum absolute atomic E-state index is 0.00639. The van der Waals surface area contributed by atoms with E-state index in [4.69, 9.17) is 4.74 Å². The van der Waals surface area contributed by atoms with E-state index in [9.17, 15) is 22.4 Å². The number of likely N-dealkylation sites (N-methyl/N-ethyl adjacent to an activating group) is 1. The molecule has 11 heteroatoms. The standard InChI is InChI=1S/C24H27F4N5O2/c1-6-8-9-10-31-32(5)22-18(11-17(25)12-19(22)26)23(34)33(7-2)16(3)15-35-21-14-29-20(13-30-21)24(4,27)28/h10-14,16H,6-7,15H2,1-5H3/b31-10-. The average Bonchev–Trinajstić information content (AvgIpc) is 2.80. The summed E-state index contributed by atoms with van der Waals surface area (Å²) in [6.45, 7) is 6.06. The molecule has 0 aliphatic carbocycles. The third kappa shape index (κ3) is 7.40. The maximum absolute atomic E-state index is 14.7. The van der Waals surface area contributed by atoms with Crippen molar-refractivity contribution in [1.29, 1.82) is 0 Å². The summed E-state index contributed by atoms with van der Waals surface area (Å²) < 4.78 is 60.8. The lowest BCUT2D eigenvalue weighted by Gasteiger charge is -2.29. The van der Waals surface area contributed by atoms with Crippen LogP contribution in [0.15, 0.2) is 29.6 Å². The van der Waals surface area contributed by atoms with Gasteiger partial charge in [-0.2, -0.15) is 13.9 Å². The highest BCUT2D eigenvalue weighted by Crippen LogP contribution is 2.28. The van der Waals surface area contributed by atoms with Gasteiger partial charge in [0.1, 0.15) is 23.8 Å². The molecule has 0 N–H and O–H groups in total. The van der Waals surface area contributed by atoms with Gasteiger partial charge >= 0.3 is 0 Å². The van der Waals surface area contributed by atoms with E-state index in [-0.39, 0.29) is 30.3 Å². The van der Waals surface area contributed by atoms with Crippen LogP contribution in [-0.2, 0) is 5.92 Å². The first kappa shape index (κ1) is 27.6. The number of ether oxygens (including phenoxy) is 1. The topological polar surface area (TPSA) is 70.9 Å². The minimum Gasteiger partial charge on any atom is -0.474 e. The molecule has 0 aliphatic rings. The summed E-state index contributed by atoms with van der Waals surface area (Å²) in [6, 6.07) is 1.04. The minimum atomic E-state index is -3.14. The smallest absolute Gasteiger partial charge is 0.288 e. The normalized spacial score (nSPS) is 12.1. The Morgan fingerprint density at radius 1 is 1.26 bits per heavy atom. The third-order valence-electron chi connectivity index (χ3n) is 4.84. The molecular formula is C24H27F4N5O2. The molecule has 7 nitrogen and oxygen atoms in total. The summed E-state index contributed by atoms with van der Waals surface area (Å²) in [5, 5.41) is 5.12. The van der Waals surface area contributed by atoms with Crippen LogP contribution >= 0.6 is 0 Å². The van der Waals surface area contributed by atoms with Crippen LogP contribution in [0.2, 0.25) is 0 Å². The van der Waals surface area contributed by atoms with Crippen LogP contribution in [0.5, 0.6) is 5.88 Å². The number of halogens is 4. The van der Waals surface area contributed by atoms with Gasteiger partial charge in [0.25, 0.3) is 11.8 Å². The maximum Gasteiger partial charge on any atom is 0.288 e. The molecule has 1 heterocycles. The van der Waals surface area contributed by atoms with E-state index in [1.807, 2.05) is 6.92 Å². The second-order valence-electron chi connectivity index (χ2n) is 7.61. The van der Waals surface area contributed by atoms with E-state index in [1.165, 1.54) is 18.2 Å². The predicted octanol–water partition coefficient (Wildman–Crippen LogP) is 4.63. The van der Waals surface area contributed by atoms with E-state index in [2.05, 4.69) is 26.9 Å². The first-order chi connectivity index (χ1) is 16.5. The number of rotatable bonds is 9. The summed E-state index contributed by atoms with van der Waals surface area (Å²) >= 11 is 0. The Morgan fingerprint density at radius 3 is 2.54 bits per heavy atom. The molecule has 1 aromatic carbocycles. The Bertz CT molecular complexity index is 1110. The van der Waals surface area contributed by atoms with Crippen LogP contribution in [-0.4, -0.2) is 53.2 Å². The largest absolute Gasteiger partial charge is 0.474 e. The quantitative estimate of drug-likeness (QED) is 0.221. The highest BCUT2D eigenvalue weighted by molar-refractivity contribution is 6.00. The van der Waals surface area contributed by atoms with Gasteiger partial charge < -0.3 is 9.64 Å². The maximum atomic E-state index is 14.7. The highest BCUT2D eigenvalue weighted by Gasteiger charge is 2.28. The molecular weight excluding hydrogens is 466 g/mol. The molecule has 188 valence electrons. The number of anilines is 1. The zero-order valence-corrected chi connectivity index (χ0v) is 20.1. The van der Waals surface area contributed by atoms with Crippen LogP contribution in [0, 0.1) is 23.5 Å². The molecule has 35 heavy (non-hydrogen) atoms. The molecule has 0 fully saturated rings. The number of hydrazone groups is 1. The van der Waals surface area contributed by atoms with E-state index >= 15 is 0 Å². The van der Waals surface area contributed by atoms with E-state index < -0.39 is 35.2 Å². The lowest BCUT2D eigenvalue weighted by atomic mass is 10.1. The molecule has 0 radical (unpaired) electrons. The van der Waals surface area contributed by atoms with Gasteiger partial charge in [0.2, 0.25) is 5.88 Å². The average molecular weight is 494 g/mol. The van der Waals surface area contributed by atoms with Crippen molar-refractivity contribution < 1.29 is 27.1 Å². The molecule has 0 spiro atoms. The summed E-state index contributed by atoms with van der Waals surface area (Å²) in [4.78, 5) is 22.1. The monoisotopic (exact) mass is 493 g/mol. The van der Waals surface area contributed by atoms with Gasteiger partial charge in [0.15, 0.2) is 5.82 Å². The van der Waals surface area contributed by atoms with Crippen molar-refractivity contribution in [1.82, 2.24) is 14.9 Å². The van der Waals surface area contributed by atoms with Crippen LogP contribution in [0.1, 0.15) is 50.2 Å². The predicted molar refractivity (Wildman–Crippen MR) is 125 cm³/mol. The molecule has 0 saturated carbocycles. The Balaban J connectivity index is 2.24. The van der Waals surface area contributed by atoms with Crippen molar-refractivity contribution in [2.24, 2.45) is 5.10 Å². The van der Waals surface area contributed by atoms with Gasteiger partial charge in [-0.15, -0.1) is 0 Å². The fraction of sp³-hybridized carbons (Fsp3) is 0.417. The third-order valence-corrected chi connectivity index (χ3v) is 4.84. The van der Waals surface area contributed by atoms with Crippen molar-refractivity contribution in [3.05, 3.63) is 47.4 Å². The van der Waals surface area contributed by atoms with Gasteiger partial charge in [-0.25, -0.2) is 18.7 Å². The van der Waals surface area contributed by atoms with E-state index in [0.717, 1.165) is 23.5 Å². The summed E-state index contributed by atoms with van der Waals surface area (Å²) in [6.07, 6.45) is 3.84. The lowest BCUT2D eigenvalue weighted by molar-refractivity contribution is 0.0121. The van der Waals surface area contributed by atoms with E-state index in [1.54, 1.807) is 13.8 Å². The van der Waals surface area contributed by atoms with Gasteiger partial charge in [0, 0.05) is 33.0 Å². The Kier molecular flexibility index (Phi) is 9.57. The number of carbonyl (C=O) groups excluding carboxylic acids is 1. The van der Waals surface area contributed by atoms with Crippen molar-refractivity contribution in [2.45, 2.75) is 46.1 Å². The van der Waals surface area contributed by atoms with E-state index in [0.29, 0.717) is 19.4 Å². The second-order valence-corrected chi connectivity index (χ2v) is 7.61. The zero-order valence-electron chi connectivity index (χ0n) is 20.1. The number of alkyl halides is 2. The number of hydrogen-bond acceptors (Lipinski definition) is 6. The Labute approximate surface area is 201 Å². The Hall–Kier alpha value is -3.68. The fourth-order valence-corrected chi connectivity index (χ4v) is 3.10. The SMILES string of the molecule is CCC#C/C=N\N(C)c1c(F)cc(F)cc1C(=O)N(CC)C(C)COc1cnc(C(C)(F)F)cn1. The first-order valence-corrected chi connectivity index (χ1v) is 10.9. The zero-order chi connectivity index (χ0) is 26.2. The summed E-state index contributed by atoms with van der Waals surface area (Å²) in [5.41, 5.74) is -0.940. The summed E-state index contributed by atoms with van der Waals surface area (Å²) in [5.74, 6) is -0.218. The fourth-order valence-electron chi connectivity index (χ4n) is 3.10. The molecule has 0 aliphatic heterocycles. The highest BCUT2D eigenvalue weighted by atomic mass is 19.3. The Morgan fingerprint density at radius 2 is 1.97 bits per heavy atom. The lowest BCUT2D eigenvalue weighted by Crippen LogP contribution is -2.42. The van der Waals surface area contributed by atoms with Gasteiger partial charge in [-0.05, 0) is 19.9 Å². The molecule has 0 saturated heterocycles. The number of nitrogens with zero attached hydrogens (tertiary/aromatic N) is 5. The van der Waals surface area contributed by atoms with Crippen LogP contribution in [0.4, 0.5) is 23.2 Å². The van der Waals surface area contributed by atoms with Gasteiger partial charge in [0.05, 0.1) is 30.2 Å². The van der Waals surface area contributed by atoms with Crippen molar-refractivity contribution >= 4 is 17.8 Å². The van der Waals surface area contributed by atoms with Gasteiger partial charge in [-0.3, -0.25) is 9.80 Å². The molecule has 1 aromatic heterocycles. The van der Waals surface area contributed by atoms with Crippen LogP contribution in [0.3, 0.4) is 0 Å². The van der Waals surface area contributed by atoms with Crippen LogP contribution in [0.25, 0.3) is 0 Å². The molecule has 0 bridgehead atoms. The molecule has 1 unspecified atom stereocenters. The van der Waals surface area contributed by atoms with Gasteiger partial charge in [-0.1, -0.05) is 18.8 Å². The number of benzene rings is 1. The molecule has 1 atom stereocenters. The number of hydrogen-bond donors (Lipinski definition) is 0. The first-order valence-electron chi connectivity index (χ1n) is 10.9. The molecule has 2 rings (SSSR count). The van der Waals surface area contributed by atoms with Crippen LogP contribution < -0.4 is 9.75 Å². The molecule has 1 amide bonds. The van der Waals surface area contributed by atoms with Crippen molar-refractivity contribution in [3.8, 4) is 17.7 Å². The number of amides is 1. The second kappa shape index (κ2) is 12.1. The number of aromatic nitrogens is 2. The van der Waals surface area contributed by atoms with Crippen molar-refractivity contribution in [3.63, 3.8) is 0 Å². The van der Waals surface area contributed by atoms with Crippen molar-refractivity contribution in [2.75, 3.05) is 25.2 Å². The molecule has 2 aromatic rings. The number of carbonyl (C=O) groups is 1.